The number of nitrogens with one attached hydrogen (secondary N) is 1. The fraction of sp³-hybridized carbons (Fsp3) is 0.357. The van der Waals surface area contributed by atoms with Crippen LogP contribution in [0.3, 0.4) is 0 Å². The highest BCUT2D eigenvalue weighted by atomic mass is 32.2. The summed E-state index contributed by atoms with van der Waals surface area (Å²) in [5.74, 6) is 0.708. The van der Waals surface area contributed by atoms with Gasteiger partial charge in [0, 0.05) is 16.9 Å². The number of nitrogens with two attached hydrogens (primary N) is 1. The lowest BCUT2D eigenvalue weighted by atomic mass is 9.93. The lowest BCUT2D eigenvalue weighted by molar-refractivity contribution is 0.536. The fourth-order valence-electron chi connectivity index (χ4n) is 1.64. The normalized spacial score (nSPS) is 11.6. The molecule has 2 rings (SSSR count). The first-order valence-corrected chi connectivity index (χ1v) is 7.29. The van der Waals surface area contributed by atoms with Gasteiger partial charge in [-0.05, 0) is 17.7 Å². The molecule has 0 spiro atoms. The molecule has 6 heteroatoms. The van der Waals surface area contributed by atoms with Gasteiger partial charge in [-0.25, -0.2) is 0 Å². The Morgan fingerprint density at radius 1 is 1.20 bits per heavy atom. The van der Waals surface area contributed by atoms with Crippen LogP contribution in [0.1, 0.15) is 32.0 Å². The van der Waals surface area contributed by atoms with Crippen LogP contribution < -0.4 is 11.3 Å². The van der Waals surface area contributed by atoms with Crippen molar-refractivity contribution in [2.45, 2.75) is 37.1 Å². The van der Waals surface area contributed by atoms with Crippen molar-refractivity contribution in [1.82, 2.24) is 15.2 Å². The lowest BCUT2D eigenvalue weighted by Gasteiger charge is -2.15. The molecule has 1 aromatic carbocycles. The van der Waals surface area contributed by atoms with Crippen LogP contribution >= 0.6 is 11.8 Å². The van der Waals surface area contributed by atoms with Gasteiger partial charge in [-0.3, -0.25) is 9.78 Å². The van der Waals surface area contributed by atoms with Crippen LogP contribution in [0.25, 0.3) is 0 Å². The minimum atomic E-state index is -0.305. The van der Waals surface area contributed by atoms with Gasteiger partial charge in [-0.2, -0.15) is 0 Å². The molecule has 0 amide bonds. The van der Waals surface area contributed by atoms with Crippen molar-refractivity contribution in [3.63, 3.8) is 0 Å². The first kappa shape index (κ1) is 14.6. The Hall–Kier alpha value is -1.82. The van der Waals surface area contributed by atoms with Crippen LogP contribution in [-0.4, -0.2) is 15.2 Å². The summed E-state index contributed by atoms with van der Waals surface area (Å²) in [6.45, 7) is 5.81. The maximum Gasteiger partial charge on any atom is 0.274 e. The molecule has 0 saturated heterocycles. The fourth-order valence-corrected chi connectivity index (χ4v) is 2.40. The van der Waals surface area contributed by atoms with Crippen LogP contribution in [0, 0.1) is 0 Å². The molecule has 0 aliphatic heterocycles. The van der Waals surface area contributed by atoms with Gasteiger partial charge in [-0.1, -0.05) is 44.7 Å². The van der Waals surface area contributed by atoms with Gasteiger partial charge in [0.25, 0.3) is 5.56 Å². The van der Waals surface area contributed by atoms with E-state index in [-0.39, 0.29) is 11.0 Å². The van der Waals surface area contributed by atoms with E-state index in [1.165, 1.54) is 11.8 Å². The van der Waals surface area contributed by atoms with Gasteiger partial charge in [0.2, 0.25) is 0 Å². The number of aromatic nitrogens is 3. The Bertz CT molecular complexity index is 643. The first-order chi connectivity index (χ1) is 9.36. The molecule has 1 heterocycles. The molecule has 2 aromatic rings. The average molecular weight is 290 g/mol. The first-order valence-electron chi connectivity index (χ1n) is 6.31. The van der Waals surface area contributed by atoms with Crippen LogP contribution in [0.4, 0.5) is 5.69 Å². The molecule has 1 aromatic heterocycles. The van der Waals surface area contributed by atoms with E-state index in [0.717, 1.165) is 11.3 Å². The molecule has 0 unspecified atom stereocenters. The van der Waals surface area contributed by atoms with Gasteiger partial charge in [0.05, 0.1) is 0 Å². The zero-order valence-electron chi connectivity index (χ0n) is 11.8. The summed E-state index contributed by atoms with van der Waals surface area (Å²) < 4.78 is 0. The Morgan fingerprint density at radius 2 is 1.85 bits per heavy atom. The van der Waals surface area contributed by atoms with E-state index in [2.05, 4.69) is 15.2 Å². The second-order valence-corrected chi connectivity index (χ2v) is 6.55. The molecular weight excluding hydrogens is 272 g/mol. The predicted octanol–water partition coefficient (Wildman–Crippen LogP) is 2.34. The quantitative estimate of drug-likeness (QED) is 0.669. The van der Waals surface area contributed by atoms with Crippen molar-refractivity contribution < 1.29 is 0 Å². The molecule has 0 atom stereocenters. The maximum atomic E-state index is 12.0. The number of nitrogen functional groups attached to an aromatic ring is 1. The van der Waals surface area contributed by atoms with E-state index in [9.17, 15) is 4.79 Å². The summed E-state index contributed by atoms with van der Waals surface area (Å²) in [5, 5.41) is 8.64. The van der Waals surface area contributed by atoms with Crippen LogP contribution in [0.5, 0.6) is 0 Å². The average Bonchev–Trinajstić information content (AvgIpc) is 2.36. The molecule has 3 N–H and O–H groups in total. The Labute approximate surface area is 122 Å². The predicted molar refractivity (Wildman–Crippen MR) is 81.8 cm³/mol. The number of nitrogens with zero attached hydrogens (tertiary/aromatic N) is 2. The standard InChI is InChI=1S/C14H18N4OS/c1-14(2,3)11-12(19)16-13(18-17-11)20-8-9-4-6-10(15)7-5-9/h4-7H,8,15H2,1-3H3,(H,16,18,19). The molecule has 0 aliphatic rings. The zero-order valence-corrected chi connectivity index (χ0v) is 12.6. The molecule has 0 saturated carbocycles. The summed E-state index contributed by atoms with van der Waals surface area (Å²) in [7, 11) is 0. The summed E-state index contributed by atoms with van der Waals surface area (Å²) in [6.07, 6.45) is 0. The summed E-state index contributed by atoms with van der Waals surface area (Å²) in [6, 6.07) is 7.62. The molecular formula is C14H18N4OS. The third-order valence-electron chi connectivity index (χ3n) is 2.74. The lowest BCUT2D eigenvalue weighted by Crippen LogP contribution is -2.27. The third kappa shape index (κ3) is 3.60. The number of thioether (sulfide) groups is 1. The third-order valence-corrected chi connectivity index (χ3v) is 3.68. The number of aromatic amines is 1. The smallest absolute Gasteiger partial charge is 0.274 e. The van der Waals surface area contributed by atoms with E-state index in [4.69, 9.17) is 5.73 Å². The number of rotatable bonds is 3. The van der Waals surface area contributed by atoms with Crippen molar-refractivity contribution in [3.05, 3.63) is 45.9 Å². The van der Waals surface area contributed by atoms with E-state index in [0.29, 0.717) is 16.6 Å². The number of hydrogen-bond donors (Lipinski definition) is 2. The Morgan fingerprint density at radius 3 is 2.40 bits per heavy atom. The van der Waals surface area contributed by atoms with E-state index in [1.54, 1.807) is 0 Å². The zero-order chi connectivity index (χ0) is 14.8. The molecule has 20 heavy (non-hydrogen) atoms. The molecule has 0 radical (unpaired) electrons. The second kappa shape index (κ2) is 5.66. The van der Waals surface area contributed by atoms with Gasteiger partial charge >= 0.3 is 0 Å². The number of H-pyrrole nitrogens is 1. The molecule has 5 nitrogen and oxygen atoms in total. The summed E-state index contributed by atoms with van der Waals surface area (Å²) in [5.41, 5.74) is 7.46. The minimum absolute atomic E-state index is 0.174. The highest BCUT2D eigenvalue weighted by Crippen LogP contribution is 2.20. The second-order valence-electron chi connectivity index (χ2n) is 5.59. The van der Waals surface area contributed by atoms with Gasteiger partial charge in [0.15, 0.2) is 5.16 Å². The monoisotopic (exact) mass is 290 g/mol. The maximum absolute atomic E-state index is 12.0. The van der Waals surface area contributed by atoms with Gasteiger partial charge in [-0.15, -0.1) is 10.2 Å². The SMILES string of the molecule is CC(C)(C)c1nnc(SCc2ccc(N)cc2)[nH]c1=O. The number of benzene rings is 1. The minimum Gasteiger partial charge on any atom is -0.399 e. The van der Waals surface area contributed by atoms with Crippen molar-refractivity contribution in [2.24, 2.45) is 0 Å². The van der Waals surface area contributed by atoms with Gasteiger partial charge < -0.3 is 5.73 Å². The van der Waals surface area contributed by atoms with E-state index < -0.39 is 0 Å². The highest BCUT2D eigenvalue weighted by Gasteiger charge is 2.20. The van der Waals surface area contributed by atoms with Crippen LogP contribution in [0.2, 0.25) is 0 Å². The topological polar surface area (TPSA) is 84.7 Å². The molecule has 0 bridgehead atoms. The van der Waals surface area contributed by atoms with E-state index in [1.807, 2.05) is 45.0 Å². The van der Waals surface area contributed by atoms with Gasteiger partial charge in [0.1, 0.15) is 5.69 Å². The van der Waals surface area contributed by atoms with Crippen molar-refractivity contribution in [1.29, 1.82) is 0 Å². The summed E-state index contributed by atoms with van der Waals surface area (Å²) in [4.78, 5) is 14.7. The molecule has 106 valence electrons. The van der Waals surface area contributed by atoms with Crippen LogP contribution in [0.15, 0.2) is 34.2 Å². The van der Waals surface area contributed by atoms with Crippen molar-refractivity contribution in [3.8, 4) is 0 Å². The van der Waals surface area contributed by atoms with Crippen LogP contribution in [-0.2, 0) is 11.2 Å². The number of anilines is 1. The largest absolute Gasteiger partial charge is 0.399 e. The Kier molecular flexibility index (Phi) is 4.13. The highest BCUT2D eigenvalue weighted by molar-refractivity contribution is 7.98. The Balaban J connectivity index is 2.09. The number of hydrogen-bond acceptors (Lipinski definition) is 5. The van der Waals surface area contributed by atoms with Crippen molar-refractivity contribution in [2.75, 3.05) is 5.73 Å². The summed E-state index contributed by atoms with van der Waals surface area (Å²) >= 11 is 1.44. The van der Waals surface area contributed by atoms with Crippen molar-refractivity contribution >= 4 is 17.4 Å². The molecule has 0 aliphatic carbocycles. The van der Waals surface area contributed by atoms with E-state index >= 15 is 0 Å². The molecule has 0 fully saturated rings.